The molecule has 0 bridgehead atoms. The fourth-order valence-electron chi connectivity index (χ4n) is 3.13. The Morgan fingerprint density at radius 2 is 1.75 bits per heavy atom. The van der Waals surface area contributed by atoms with Gasteiger partial charge in [-0.25, -0.2) is 13.1 Å². The van der Waals surface area contributed by atoms with E-state index in [1.54, 1.807) is 19.1 Å². The first-order valence-corrected chi connectivity index (χ1v) is 10.8. The molecule has 1 saturated carbocycles. The predicted octanol–water partition coefficient (Wildman–Crippen LogP) is 3.52. The maximum atomic E-state index is 12.7. The number of fused-ring (bicyclic) bond motifs is 1. The van der Waals surface area contributed by atoms with Gasteiger partial charge in [0.2, 0.25) is 10.0 Å². The summed E-state index contributed by atoms with van der Waals surface area (Å²) < 4.78 is 27.5. The van der Waals surface area contributed by atoms with Crippen molar-refractivity contribution in [1.29, 1.82) is 0 Å². The van der Waals surface area contributed by atoms with Crippen molar-refractivity contribution in [3.05, 3.63) is 77.4 Å². The van der Waals surface area contributed by atoms with Crippen molar-refractivity contribution >= 4 is 26.7 Å². The van der Waals surface area contributed by atoms with Crippen LogP contribution in [0, 0.1) is 6.92 Å². The zero-order chi connectivity index (χ0) is 19.7. The van der Waals surface area contributed by atoms with Crippen molar-refractivity contribution in [2.45, 2.75) is 37.2 Å². The van der Waals surface area contributed by atoms with E-state index >= 15 is 0 Å². The second kappa shape index (κ2) is 7.37. The first-order chi connectivity index (χ1) is 13.4. The molecule has 1 fully saturated rings. The molecule has 0 aliphatic heterocycles. The Balaban J connectivity index is 1.51. The SMILES string of the molecule is Cc1ccc(S(=O)(=O)NC2CC2)cc1C(=O)NCc1ccc2ccccc2c1. The van der Waals surface area contributed by atoms with Crippen LogP contribution in [0.1, 0.15) is 34.3 Å². The minimum absolute atomic E-state index is 0.0245. The molecule has 1 amide bonds. The van der Waals surface area contributed by atoms with Crippen LogP contribution in [0.5, 0.6) is 0 Å². The molecule has 144 valence electrons. The molecule has 3 aromatic carbocycles. The number of hydrogen-bond donors (Lipinski definition) is 2. The fourth-order valence-corrected chi connectivity index (χ4v) is 4.46. The van der Waals surface area contributed by atoms with E-state index in [4.69, 9.17) is 0 Å². The van der Waals surface area contributed by atoms with E-state index in [0.717, 1.165) is 34.7 Å². The Morgan fingerprint density at radius 1 is 1.00 bits per heavy atom. The van der Waals surface area contributed by atoms with Crippen LogP contribution in [-0.4, -0.2) is 20.4 Å². The van der Waals surface area contributed by atoms with E-state index in [-0.39, 0.29) is 16.8 Å². The van der Waals surface area contributed by atoms with Crippen LogP contribution in [0.25, 0.3) is 10.8 Å². The van der Waals surface area contributed by atoms with Gasteiger partial charge in [0, 0.05) is 18.2 Å². The molecule has 2 N–H and O–H groups in total. The maximum absolute atomic E-state index is 12.7. The van der Waals surface area contributed by atoms with Gasteiger partial charge in [0.05, 0.1) is 4.90 Å². The summed E-state index contributed by atoms with van der Waals surface area (Å²) in [5.41, 5.74) is 2.10. The first-order valence-electron chi connectivity index (χ1n) is 9.31. The van der Waals surface area contributed by atoms with Gasteiger partial charge in [-0.3, -0.25) is 4.79 Å². The number of carbonyl (C=O) groups is 1. The van der Waals surface area contributed by atoms with Crippen LogP contribution in [0.2, 0.25) is 0 Å². The minimum Gasteiger partial charge on any atom is -0.348 e. The second-order valence-corrected chi connectivity index (χ2v) is 8.95. The standard InChI is InChI=1S/C22H22N2O3S/c1-15-6-11-20(28(26,27)24-19-9-10-19)13-21(15)22(25)23-14-16-7-8-17-4-2-3-5-18(17)12-16/h2-8,11-13,19,24H,9-10,14H2,1H3,(H,23,25). The Kier molecular flexibility index (Phi) is 4.91. The highest BCUT2D eigenvalue weighted by Gasteiger charge is 2.28. The summed E-state index contributed by atoms with van der Waals surface area (Å²) in [6.07, 6.45) is 1.73. The van der Waals surface area contributed by atoms with Gasteiger partial charge in [-0.2, -0.15) is 0 Å². The molecule has 0 saturated heterocycles. The molecule has 1 aliphatic carbocycles. The van der Waals surface area contributed by atoms with Crippen molar-refractivity contribution in [2.24, 2.45) is 0 Å². The largest absolute Gasteiger partial charge is 0.348 e. The van der Waals surface area contributed by atoms with Gasteiger partial charge < -0.3 is 5.32 Å². The van der Waals surface area contributed by atoms with E-state index in [1.807, 2.05) is 42.5 Å². The normalized spacial score (nSPS) is 14.2. The molecule has 4 rings (SSSR count). The molecular weight excluding hydrogens is 372 g/mol. The lowest BCUT2D eigenvalue weighted by atomic mass is 10.1. The van der Waals surface area contributed by atoms with Crippen LogP contribution in [0.15, 0.2) is 65.6 Å². The van der Waals surface area contributed by atoms with Crippen LogP contribution in [-0.2, 0) is 16.6 Å². The monoisotopic (exact) mass is 394 g/mol. The number of nitrogens with one attached hydrogen (secondary N) is 2. The Bertz CT molecular complexity index is 1150. The third-order valence-electron chi connectivity index (χ3n) is 4.93. The Labute approximate surface area is 164 Å². The molecule has 5 nitrogen and oxygen atoms in total. The van der Waals surface area contributed by atoms with Gasteiger partial charge in [-0.05, 0) is 59.9 Å². The van der Waals surface area contributed by atoms with Gasteiger partial charge in [0.1, 0.15) is 0 Å². The number of aryl methyl sites for hydroxylation is 1. The molecule has 0 atom stereocenters. The van der Waals surface area contributed by atoms with E-state index in [1.165, 1.54) is 6.07 Å². The predicted molar refractivity (Wildman–Crippen MR) is 110 cm³/mol. The first kappa shape index (κ1) is 18.7. The van der Waals surface area contributed by atoms with Gasteiger partial charge >= 0.3 is 0 Å². The molecule has 3 aromatic rings. The molecule has 0 spiro atoms. The highest BCUT2D eigenvalue weighted by Crippen LogP contribution is 2.23. The van der Waals surface area contributed by atoms with E-state index in [9.17, 15) is 13.2 Å². The number of hydrogen-bond acceptors (Lipinski definition) is 3. The van der Waals surface area contributed by atoms with Gasteiger partial charge in [-0.15, -0.1) is 0 Å². The number of carbonyl (C=O) groups excluding carboxylic acids is 1. The van der Waals surface area contributed by atoms with Gasteiger partial charge in [-0.1, -0.05) is 42.5 Å². The zero-order valence-corrected chi connectivity index (χ0v) is 16.4. The van der Waals surface area contributed by atoms with Crippen LogP contribution >= 0.6 is 0 Å². The lowest BCUT2D eigenvalue weighted by Crippen LogP contribution is -2.27. The summed E-state index contributed by atoms with van der Waals surface area (Å²) in [6, 6.07) is 18.8. The number of amides is 1. The van der Waals surface area contributed by atoms with Crippen LogP contribution < -0.4 is 10.0 Å². The Morgan fingerprint density at radius 3 is 2.50 bits per heavy atom. The minimum atomic E-state index is -3.59. The van der Waals surface area contributed by atoms with Crippen LogP contribution in [0.3, 0.4) is 0 Å². The lowest BCUT2D eigenvalue weighted by Gasteiger charge is -2.11. The summed E-state index contributed by atoms with van der Waals surface area (Å²) in [5.74, 6) is -0.283. The van der Waals surface area contributed by atoms with Crippen molar-refractivity contribution in [2.75, 3.05) is 0 Å². The third kappa shape index (κ3) is 4.08. The number of sulfonamides is 1. The molecule has 0 radical (unpaired) electrons. The molecule has 0 aromatic heterocycles. The average molecular weight is 394 g/mol. The van der Waals surface area contributed by atoms with Crippen LogP contribution in [0.4, 0.5) is 0 Å². The van der Waals surface area contributed by atoms with Gasteiger partial charge in [0.15, 0.2) is 0 Å². The zero-order valence-electron chi connectivity index (χ0n) is 15.6. The molecule has 0 unspecified atom stereocenters. The van der Waals surface area contributed by atoms with E-state index < -0.39 is 10.0 Å². The van der Waals surface area contributed by atoms with Crippen molar-refractivity contribution in [3.63, 3.8) is 0 Å². The summed E-state index contributed by atoms with van der Waals surface area (Å²) in [7, 11) is -3.59. The maximum Gasteiger partial charge on any atom is 0.251 e. The number of benzene rings is 3. The third-order valence-corrected chi connectivity index (χ3v) is 6.45. The molecular formula is C22H22N2O3S. The summed E-state index contributed by atoms with van der Waals surface area (Å²) in [6.45, 7) is 2.18. The van der Waals surface area contributed by atoms with Crippen molar-refractivity contribution < 1.29 is 13.2 Å². The van der Waals surface area contributed by atoms with Crippen molar-refractivity contribution in [3.8, 4) is 0 Å². The summed E-state index contributed by atoms with van der Waals surface area (Å²) in [5, 5.41) is 5.16. The highest BCUT2D eigenvalue weighted by molar-refractivity contribution is 7.89. The smallest absolute Gasteiger partial charge is 0.251 e. The highest BCUT2D eigenvalue weighted by atomic mass is 32.2. The molecule has 1 aliphatic rings. The molecule has 0 heterocycles. The topological polar surface area (TPSA) is 75.3 Å². The van der Waals surface area contributed by atoms with E-state index in [0.29, 0.717) is 12.1 Å². The summed E-state index contributed by atoms with van der Waals surface area (Å²) in [4.78, 5) is 12.8. The van der Waals surface area contributed by atoms with E-state index in [2.05, 4.69) is 10.0 Å². The quantitative estimate of drug-likeness (QED) is 0.672. The summed E-state index contributed by atoms with van der Waals surface area (Å²) >= 11 is 0. The van der Waals surface area contributed by atoms with Crippen molar-refractivity contribution in [1.82, 2.24) is 10.0 Å². The molecule has 6 heteroatoms. The lowest BCUT2D eigenvalue weighted by molar-refractivity contribution is 0.0950. The molecule has 28 heavy (non-hydrogen) atoms. The van der Waals surface area contributed by atoms with Gasteiger partial charge in [0.25, 0.3) is 5.91 Å². The number of rotatable bonds is 6. The second-order valence-electron chi connectivity index (χ2n) is 7.24. The average Bonchev–Trinajstić information content (AvgIpc) is 3.49. The fraction of sp³-hybridized carbons (Fsp3) is 0.227. The Hall–Kier alpha value is -2.70.